The van der Waals surface area contributed by atoms with Gasteiger partial charge in [-0.1, -0.05) is 62.3 Å². The van der Waals surface area contributed by atoms with E-state index in [4.69, 9.17) is 0 Å². The first-order valence-corrected chi connectivity index (χ1v) is 14.4. The van der Waals surface area contributed by atoms with Gasteiger partial charge in [-0.05, 0) is 97.7 Å². The van der Waals surface area contributed by atoms with Crippen LogP contribution in [0.5, 0.6) is 0 Å². The van der Waals surface area contributed by atoms with E-state index < -0.39 is 16.9 Å². The fourth-order valence-electron chi connectivity index (χ4n) is 9.31. The molecule has 0 aliphatic heterocycles. The number of hydrogen-bond donors (Lipinski definition) is 1. The lowest BCUT2D eigenvalue weighted by Gasteiger charge is -2.66. The molecule has 0 aromatic heterocycles. The Kier molecular flexibility index (Phi) is 7.51. The van der Waals surface area contributed by atoms with E-state index in [1.165, 1.54) is 0 Å². The van der Waals surface area contributed by atoms with Crippen LogP contribution in [0.3, 0.4) is 0 Å². The Hall–Kier alpha value is -1.21. The number of rotatable bonds is 6. The molecular formula is C32H53NO3. The summed E-state index contributed by atoms with van der Waals surface area (Å²) in [6.07, 6.45) is 7.59. The maximum Gasteiger partial charge on any atom is 0.155 e. The molecule has 0 saturated heterocycles. The minimum absolute atomic E-state index is 0.0772. The van der Waals surface area contributed by atoms with Gasteiger partial charge in [0, 0.05) is 11.8 Å². The number of hydrogen-bond acceptors (Lipinski definition) is 4. The molecule has 4 heteroatoms. The molecule has 3 saturated carbocycles. The van der Waals surface area contributed by atoms with Crippen LogP contribution in [0.15, 0.2) is 0 Å². The molecule has 7 atom stereocenters. The molecule has 0 bridgehead atoms. The fraction of sp³-hybridized carbons (Fsp3) is 0.906. The van der Waals surface area contributed by atoms with Crippen molar-refractivity contribution in [1.29, 1.82) is 5.26 Å². The number of nitriles is 1. The molecule has 36 heavy (non-hydrogen) atoms. The van der Waals surface area contributed by atoms with E-state index in [1.807, 2.05) is 13.8 Å². The summed E-state index contributed by atoms with van der Waals surface area (Å²) in [5.74, 6) is 0.195. The van der Waals surface area contributed by atoms with Gasteiger partial charge in [0.2, 0.25) is 0 Å². The molecule has 0 radical (unpaired) electrons. The summed E-state index contributed by atoms with van der Waals surface area (Å²) in [6.45, 7) is 21.9. The standard InChI is InChI=1S/C32H53NO3/c1-21-18-27(3,4)13-15-32(21,36)16-14-28(5,6)31(10)12-11-24-29(7,8)26(35)23(20-33)19-30(24,9)25(31)17-22(2)34/h21,23-25,36H,11-19H2,1-10H3/t21?,23?,24-,25+,30-,31+,32-/m0/s1. The normalized spacial score (nSPS) is 42.3. The molecule has 3 rings (SSSR count). The minimum atomic E-state index is -0.633. The maximum atomic E-state index is 13.2. The van der Waals surface area contributed by atoms with E-state index in [1.54, 1.807) is 6.92 Å². The van der Waals surface area contributed by atoms with E-state index in [2.05, 4.69) is 54.5 Å². The zero-order valence-corrected chi connectivity index (χ0v) is 24.9. The van der Waals surface area contributed by atoms with Crippen LogP contribution in [-0.2, 0) is 9.59 Å². The third-order valence-corrected chi connectivity index (χ3v) is 12.2. The van der Waals surface area contributed by atoms with Gasteiger partial charge in [-0.2, -0.15) is 5.26 Å². The maximum absolute atomic E-state index is 13.2. The van der Waals surface area contributed by atoms with Crippen LogP contribution in [0.1, 0.15) is 127 Å². The summed E-state index contributed by atoms with van der Waals surface area (Å²) in [6, 6.07) is 2.32. The van der Waals surface area contributed by atoms with Crippen LogP contribution in [0.4, 0.5) is 0 Å². The lowest BCUT2D eigenvalue weighted by atomic mass is 9.37. The molecule has 0 spiro atoms. The number of ketones is 2. The van der Waals surface area contributed by atoms with Gasteiger partial charge in [0.05, 0.1) is 11.7 Å². The van der Waals surface area contributed by atoms with Gasteiger partial charge >= 0.3 is 0 Å². The van der Waals surface area contributed by atoms with Crippen molar-refractivity contribution in [3.05, 3.63) is 0 Å². The lowest BCUT2D eigenvalue weighted by molar-refractivity contribution is -0.186. The van der Waals surface area contributed by atoms with Crippen molar-refractivity contribution in [2.45, 2.75) is 133 Å². The molecular weight excluding hydrogens is 446 g/mol. The lowest BCUT2D eigenvalue weighted by Crippen LogP contribution is -2.62. The molecule has 0 aromatic rings. The van der Waals surface area contributed by atoms with Crippen molar-refractivity contribution in [3.8, 4) is 6.07 Å². The molecule has 0 heterocycles. The average Bonchev–Trinajstić information content (AvgIpc) is 2.75. The van der Waals surface area contributed by atoms with Crippen LogP contribution < -0.4 is 0 Å². The van der Waals surface area contributed by atoms with E-state index in [9.17, 15) is 20.0 Å². The van der Waals surface area contributed by atoms with Gasteiger partial charge < -0.3 is 9.90 Å². The summed E-state index contributed by atoms with van der Waals surface area (Å²) < 4.78 is 0. The highest BCUT2D eigenvalue weighted by molar-refractivity contribution is 5.90. The predicted octanol–water partition coefficient (Wildman–Crippen LogP) is 7.53. The third-order valence-electron chi connectivity index (χ3n) is 12.2. The van der Waals surface area contributed by atoms with Gasteiger partial charge in [-0.15, -0.1) is 0 Å². The summed E-state index contributed by atoms with van der Waals surface area (Å²) >= 11 is 0. The Balaban J connectivity index is 1.96. The molecule has 2 unspecified atom stereocenters. The van der Waals surface area contributed by atoms with Gasteiger partial charge in [0.25, 0.3) is 0 Å². The summed E-state index contributed by atoms with van der Waals surface area (Å²) in [4.78, 5) is 25.9. The van der Waals surface area contributed by atoms with E-state index in [0.29, 0.717) is 12.8 Å². The van der Waals surface area contributed by atoms with Gasteiger partial charge in [-0.25, -0.2) is 0 Å². The van der Waals surface area contributed by atoms with Gasteiger partial charge in [0.15, 0.2) is 5.78 Å². The molecule has 0 aromatic carbocycles. The van der Waals surface area contributed by atoms with Crippen LogP contribution in [0.25, 0.3) is 0 Å². The number of aliphatic hydroxyl groups is 1. The largest absolute Gasteiger partial charge is 0.390 e. The predicted molar refractivity (Wildman–Crippen MR) is 145 cm³/mol. The second kappa shape index (κ2) is 9.21. The van der Waals surface area contributed by atoms with Crippen molar-refractivity contribution in [3.63, 3.8) is 0 Å². The Morgan fingerprint density at radius 1 is 1.08 bits per heavy atom. The van der Waals surface area contributed by atoms with Crippen LogP contribution in [0.2, 0.25) is 0 Å². The first kappa shape index (κ1) is 29.3. The Labute approximate surface area is 221 Å². The van der Waals surface area contributed by atoms with Crippen LogP contribution in [-0.4, -0.2) is 22.3 Å². The molecule has 3 aliphatic carbocycles. The molecule has 4 nitrogen and oxygen atoms in total. The average molecular weight is 500 g/mol. The number of nitrogens with zero attached hydrogens (tertiary/aromatic N) is 1. The Morgan fingerprint density at radius 2 is 1.69 bits per heavy atom. The minimum Gasteiger partial charge on any atom is -0.390 e. The molecule has 3 aliphatic rings. The van der Waals surface area contributed by atoms with Crippen molar-refractivity contribution in [2.24, 2.45) is 50.7 Å². The quantitative estimate of drug-likeness (QED) is 0.410. The number of fused-ring (bicyclic) bond motifs is 1. The second-order valence-corrected chi connectivity index (χ2v) is 15.7. The van der Waals surface area contributed by atoms with Crippen molar-refractivity contribution in [1.82, 2.24) is 0 Å². The number of carbonyl (C=O) groups is 2. The summed E-state index contributed by atoms with van der Waals surface area (Å²) in [5.41, 5.74) is -1.40. The SMILES string of the molecule is CC(=O)C[C@@H]1[C@@]2(C)CC(C#N)C(=O)C(C)(C)[C@@H]2CC[C@@]1(C)C(C)(C)CC[C@@]1(O)CCC(C)(C)CC1C. The first-order chi connectivity index (χ1) is 16.3. The Morgan fingerprint density at radius 3 is 2.22 bits per heavy atom. The second-order valence-electron chi connectivity index (χ2n) is 15.7. The van der Waals surface area contributed by atoms with E-state index >= 15 is 0 Å². The van der Waals surface area contributed by atoms with Gasteiger partial charge in [-0.3, -0.25) is 4.79 Å². The highest BCUT2D eigenvalue weighted by Gasteiger charge is 2.65. The van der Waals surface area contributed by atoms with Crippen molar-refractivity contribution < 1.29 is 14.7 Å². The highest BCUT2D eigenvalue weighted by atomic mass is 16.3. The van der Waals surface area contributed by atoms with E-state index in [-0.39, 0.29) is 51.0 Å². The third kappa shape index (κ3) is 4.72. The van der Waals surface area contributed by atoms with Gasteiger partial charge in [0.1, 0.15) is 11.7 Å². The fourth-order valence-corrected chi connectivity index (χ4v) is 9.31. The number of carbonyl (C=O) groups excluding carboxylic acids is 2. The zero-order valence-electron chi connectivity index (χ0n) is 24.9. The van der Waals surface area contributed by atoms with Crippen LogP contribution in [0, 0.1) is 62.1 Å². The monoisotopic (exact) mass is 499 g/mol. The summed E-state index contributed by atoms with van der Waals surface area (Å²) in [5, 5.41) is 21.6. The summed E-state index contributed by atoms with van der Waals surface area (Å²) in [7, 11) is 0. The molecule has 1 N–H and O–H groups in total. The van der Waals surface area contributed by atoms with Crippen LogP contribution >= 0.6 is 0 Å². The molecule has 0 amide bonds. The van der Waals surface area contributed by atoms with Crippen molar-refractivity contribution in [2.75, 3.05) is 0 Å². The Bertz CT molecular complexity index is 926. The highest BCUT2D eigenvalue weighted by Crippen LogP contribution is 2.69. The van der Waals surface area contributed by atoms with Crippen molar-refractivity contribution >= 4 is 11.6 Å². The smallest absolute Gasteiger partial charge is 0.155 e. The molecule has 3 fully saturated rings. The first-order valence-electron chi connectivity index (χ1n) is 14.4. The number of Topliss-reactive ketones (excluding diaryl/α,β-unsaturated/α-hetero) is 2. The van der Waals surface area contributed by atoms with E-state index in [0.717, 1.165) is 44.9 Å². The topological polar surface area (TPSA) is 78.2 Å². The molecule has 204 valence electrons. The zero-order chi connectivity index (χ0) is 27.5.